The number of aliphatic hydroxyl groups excluding tert-OH is 1. The lowest BCUT2D eigenvalue weighted by Crippen LogP contribution is -2.27. The van der Waals surface area contributed by atoms with Crippen LogP contribution in [0.3, 0.4) is 0 Å². The molecule has 0 saturated heterocycles. The summed E-state index contributed by atoms with van der Waals surface area (Å²) < 4.78 is 0. The van der Waals surface area contributed by atoms with Gasteiger partial charge in [0.1, 0.15) is 5.82 Å². The van der Waals surface area contributed by atoms with Gasteiger partial charge in [-0.2, -0.15) is 0 Å². The fraction of sp³-hybridized carbons (Fsp3) is 0.357. The Balaban J connectivity index is 1.78. The molecule has 0 aliphatic rings. The van der Waals surface area contributed by atoms with Gasteiger partial charge >= 0.3 is 0 Å². The zero-order valence-electron chi connectivity index (χ0n) is 10.5. The molecule has 0 aliphatic heterocycles. The molecule has 0 amide bonds. The minimum absolute atomic E-state index is 0.227. The van der Waals surface area contributed by atoms with Gasteiger partial charge in [-0.05, 0) is 18.9 Å². The third-order valence-electron chi connectivity index (χ3n) is 2.93. The number of nitrogens with one attached hydrogen (secondary N) is 2. The minimum Gasteiger partial charge on any atom is -0.388 e. The molecule has 96 valence electrons. The van der Waals surface area contributed by atoms with Crippen LogP contribution < -0.4 is 5.32 Å². The molecular formula is C14H19N3O. The van der Waals surface area contributed by atoms with Crippen LogP contribution in [0.2, 0.25) is 0 Å². The Hall–Kier alpha value is -1.65. The van der Waals surface area contributed by atoms with Gasteiger partial charge in [0, 0.05) is 18.4 Å². The van der Waals surface area contributed by atoms with Gasteiger partial charge in [0.25, 0.3) is 0 Å². The van der Waals surface area contributed by atoms with Crippen LogP contribution in [-0.2, 0) is 6.54 Å². The molecule has 18 heavy (non-hydrogen) atoms. The van der Waals surface area contributed by atoms with Crippen LogP contribution >= 0.6 is 0 Å². The van der Waals surface area contributed by atoms with E-state index in [1.807, 2.05) is 30.3 Å². The van der Waals surface area contributed by atoms with E-state index in [2.05, 4.69) is 22.2 Å². The van der Waals surface area contributed by atoms with Crippen molar-refractivity contribution >= 4 is 0 Å². The molecule has 1 heterocycles. The number of aromatic amines is 1. The van der Waals surface area contributed by atoms with Gasteiger partial charge in [0.05, 0.1) is 12.6 Å². The molecule has 2 atom stereocenters. The zero-order chi connectivity index (χ0) is 12.8. The van der Waals surface area contributed by atoms with Gasteiger partial charge in [0.15, 0.2) is 0 Å². The van der Waals surface area contributed by atoms with Crippen molar-refractivity contribution in [3.63, 3.8) is 0 Å². The maximum absolute atomic E-state index is 10.1. The predicted molar refractivity (Wildman–Crippen MR) is 70.9 cm³/mol. The molecule has 2 rings (SSSR count). The van der Waals surface area contributed by atoms with E-state index in [-0.39, 0.29) is 6.04 Å². The predicted octanol–water partition coefficient (Wildman–Crippen LogP) is 2.01. The summed E-state index contributed by atoms with van der Waals surface area (Å²) in [6.45, 7) is 2.75. The summed E-state index contributed by atoms with van der Waals surface area (Å²) in [7, 11) is 0. The Morgan fingerprint density at radius 1 is 1.33 bits per heavy atom. The van der Waals surface area contributed by atoms with Crippen molar-refractivity contribution in [2.45, 2.75) is 32.0 Å². The van der Waals surface area contributed by atoms with Gasteiger partial charge in [-0.1, -0.05) is 30.3 Å². The van der Waals surface area contributed by atoms with Crippen LogP contribution in [-0.4, -0.2) is 21.1 Å². The fourth-order valence-corrected chi connectivity index (χ4v) is 1.90. The van der Waals surface area contributed by atoms with Gasteiger partial charge in [-0.3, -0.25) is 0 Å². The number of hydrogen-bond acceptors (Lipinski definition) is 3. The number of benzene rings is 1. The highest BCUT2D eigenvalue weighted by Crippen LogP contribution is 2.17. The zero-order valence-corrected chi connectivity index (χ0v) is 10.5. The van der Waals surface area contributed by atoms with Crippen molar-refractivity contribution in [3.8, 4) is 0 Å². The van der Waals surface area contributed by atoms with E-state index < -0.39 is 6.10 Å². The molecule has 3 N–H and O–H groups in total. The molecule has 4 nitrogen and oxygen atoms in total. The summed E-state index contributed by atoms with van der Waals surface area (Å²) in [6.07, 6.45) is 3.80. The topological polar surface area (TPSA) is 60.9 Å². The van der Waals surface area contributed by atoms with Crippen LogP contribution in [0, 0.1) is 0 Å². The lowest BCUT2D eigenvalue weighted by Gasteiger charge is -2.17. The number of nitrogens with zero attached hydrogens (tertiary/aromatic N) is 1. The third-order valence-corrected chi connectivity index (χ3v) is 2.93. The first kappa shape index (κ1) is 12.8. The van der Waals surface area contributed by atoms with Gasteiger partial charge in [0.2, 0.25) is 0 Å². The Kier molecular flexibility index (Phi) is 4.50. The minimum atomic E-state index is -0.426. The van der Waals surface area contributed by atoms with E-state index in [0.717, 1.165) is 11.4 Å². The average Bonchev–Trinajstić information content (AvgIpc) is 2.90. The highest BCUT2D eigenvalue weighted by atomic mass is 16.3. The van der Waals surface area contributed by atoms with E-state index in [0.29, 0.717) is 13.0 Å². The first-order valence-corrected chi connectivity index (χ1v) is 6.20. The summed E-state index contributed by atoms with van der Waals surface area (Å²) in [5.41, 5.74) is 0.962. The van der Waals surface area contributed by atoms with Crippen LogP contribution in [0.25, 0.3) is 0 Å². The van der Waals surface area contributed by atoms with Crippen LogP contribution in [0.1, 0.15) is 30.8 Å². The highest BCUT2D eigenvalue weighted by molar-refractivity contribution is 5.17. The maximum atomic E-state index is 10.1. The smallest absolute Gasteiger partial charge is 0.120 e. The van der Waals surface area contributed by atoms with Crippen molar-refractivity contribution in [1.82, 2.24) is 15.3 Å². The van der Waals surface area contributed by atoms with Crippen molar-refractivity contribution in [2.75, 3.05) is 0 Å². The van der Waals surface area contributed by atoms with Gasteiger partial charge in [-0.25, -0.2) is 4.98 Å². The molecule has 2 aromatic rings. The molecule has 0 fully saturated rings. The van der Waals surface area contributed by atoms with E-state index in [1.165, 1.54) is 0 Å². The van der Waals surface area contributed by atoms with Gasteiger partial charge in [-0.15, -0.1) is 0 Å². The van der Waals surface area contributed by atoms with E-state index >= 15 is 0 Å². The molecular weight excluding hydrogens is 226 g/mol. The highest BCUT2D eigenvalue weighted by Gasteiger charge is 2.11. The Morgan fingerprint density at radius 3 is 2.78 bits per heavy atom. The molecule has 0 unspecified atom stereocenters. The summed E-state index contributed by atoms with van der Waals surface area (Å²) >= 11 is 0. The molecule has 0 radical (unpaired) electrons. The monoisotopic (exact) mass is 245 g/mol. The number of hydrogen-bond donors (Lipinski definition) is 3. The summed E-state index contributed by atoms with van der Waals surface area (Å²) in [5.74, 6) is 0.913. The summed E-state index contributed by atoms with van der Waals surface area (Å²) in [4.78, 5) is 7.19. The van der Waals surface area contributed by atoms with Crippen LogP contribution in [0.4, 0.5) is 0 Å². The quantitative estimate of drug-likeness (QED) is 0.729. The second-order valence-electron chi connectivity index (χ2n) is 4.48. The normalized spacial score (nSPS) is 14.3. The first-order valence-electron chi connectivity index (χ1n) is 6.20. The third kappa shape index (κ3) is 3.68. The number of aromatic nitrogens is 2. The Labute approximate surface area is 107 Å². The maximum Gasteiger partial charge on any atom is 0.120 e. The number of imidazole rings is 1. The van der Waals surface area contributed by atoms with Crippen molar-refractivity contribution in [1.29, 1.82) is 0 Å². The largest absolute Gasteiger partial charge is 0.388 e. The Bertz CT molecular complexity index is 441. The lowest BCUT2D eigenvalue weighted by atomic mass is 10.0. The van der Waals surface area contributed by atoms with E-state index in [9.17, 15) is 5.11 Å². The fourth-order valence-electron chi connectivity index (χ4n) is 1.90. The molecule has 0 spiro atoms. The summed E-state index contributed by atoms with van der Waals surface area (Å²) in [5, 5.41) is 13.4. The molecule has 0 bridgehead atoms. The van der Waals surface area contributed by atoms with Crippen molar-refractivity contribution in [3.05, 3.63) is 54.1 Å². The number of H-pyrrole nitrogens is 1. The molecule has 0 aliphatic carbocycles. The van der Waals surface area contributed by atoms with E-state index in [4.69, 9.17) is 0 Å². The second kappa shape index (κ2) is 6.33. The summed E-state index contributed by atoms with van der Waals surface area (Å²) in [6, 6.07) is 9.96. The Morgan fingerprint density at radius 2 is 2.11 bits per heavy atom. The number of rotatable bonds is 6. The second-order valence-corrected chi connectivity index (χ2v) is 4.48. The van der Waals surface area contributed by atoms with Crippen molar-refractivity contribution < 1.29 is 5.11 Å². The lowest BCUT2D eigenvalue weighted by molar-refractivity contribution is 0.153. The molecule has 1 aromatic carbocycles. The number of aliphatic hydroxyl groups is 1. The van der Waals surface area contributed by atoms with Crippen molar-refractivity contribution in [2.24, 2.45) is 0 Å². The molecule has 4 heteroatoms. The van der Waals surface area contributed by atoms with Crippen LogP contribution in [0.5, 0.6) is 0 Å². The SMILES string of the molecule is C[C@H](C[C@H](O)c1ccccc1)NCc1ncc[nH]1. The molecule has 1 aromatic heterocycles. The average molecular weight is 245 g/mol. The molecule has 0 saturated carbocycles. The standard InChI is InChI=1S/C14H19N3O/c1-11(17-10-14-15-7-8-16-14)9-13(18)12-5-3-2-4-6-12/h2-8,11,13,17-18H,9-10H2,1H3,(H,15,16)/t11-,13+/m1/s1. The van der Waals surface area contributed by atoms with Gasteiger partial charge < -0.3 is 15.4 Å². The first-order chi connectivity index (χ1) is 8.75. The van der Waals surface area contributed by atoms with E-state index in [1.54, 1.807) is 12.4 Å². The van der Waals surface area contributed by atoms with Crippen LogP contribution in [0.15, 0.2) is 42.7 Å².